The Morgan fingerprint density at radius 2 is 2.15 bits per heavy atom. The van der Waals surface area contributed by atoms with Gasteiger partial charge in [0.15, 0.2) is 5.65 Å². The summed E-state index contributed by atoms with van der Waals surface area (Å²) >= 11 is 3.24. The molecule has 0 saturated carbocycles. The predicted molar refractivity (Wildman–Crippen MR) is 51.6 cm³/mol. The molecule has 0 spiro atoms. The molecular weight excluding hydrogens is 234 g/mol. The molecule has 0 aliphatic heterocycles. The zero-order valence-corrected chi connectivity index (χ0v) is 8.45. The number of rotatable bonds is 1. The first-order valence-electron chi connectivity index (χ1n) is 3.63. The van der Waals surface area contributed by atoms with Crippen LogP contribution in [0.3, 0.4) is 0 Å². The molecule has 2 heterocycles. The molecule has 0 radical (unpaired) electrons. The summed E-state index contributed by atoms with van der Waals surface area (Å²) in [4.78, 5) is 12.4. The summed E-state index contributed by atoms with van der Waals surface area (Å²) in [6, 6.07) is 3.57. The summed E-state index contributed by atoms with van der Waals surface area (Å²) in [6.07, 6.45) is 1.61. The Morgan fingerprint density at radius 1 is 1.31 bits per heavy atom. The molecule has 0 N–H and O–H groups in total. The number of methoxy groups -OCH3 is 1. The van der Waals surface area contributed by atoms with Crippen LogP contribution in [-0.2, 0) is 0 Å². The molecule has 2 aromatic heterocycles. The van der Waals surface area contributed by atoms with Crippen molar-refractivity contribution in [1.82, 2.24) is 15.0 Å². The lowest BCUT2D eigenvalue weighted by Gasteiger charge is -1.99. The average molecular weight is 240 g/mol. The minimum absolute atomic E-state index is 0.545. The highest BCUT2D eigenvalue weighted by Gasteiger charge is 2.00. The van der Waals surface area contributed by atoms with Crippen LogP contribution in [0, 0.1) is 0 Å². The van der Waals surface area contributed by atoms with Crippen LogP contribution in [0.25, 0.3) is 11.2 Å². The molecule has 0 unspecified atom stereocenters. The Morgan fingerprint density at radius 3 is 2.92 bits per heavy atom. The quantitative estimate of drug-likeness (QED) is 0.762. The maximum Gasteiger partial charge on any atom is 0.215 e. The van der Waals surface area contributed by atoms with Gasteiger partial charge in [-0.3, -0.25) is 0 Å². The molecule has 0 saturated heterocycles. The maximum atomic E-state index is 4.96. The van der Waals surface area contributed by atoms with E-state index in [-0.39, 0.29) is 0 Å². The van der Waals surface area contributed by atoms with E-state index >= 15 is 0 Å². The molecule has 13 heavy (non-hydrogen) atoms. The number of halogens is 1. The van der Waals surface area contributed by atoms with Gasteiger partial charge in [0.05, 0.1) is 13.3 Å². The van der Waals surface area contributed by atoms with Crippen LogP contribution in [-0.4, -0.2) is 22.1 Å². The molecule has 0 aliphatic carbocycles. The third-order valence-corrected chi connectivity index (χ3v) is 1.94. The highest BCUT2D eigenvalue weighted by Crippen LogP contribution is 2.14. The van der Waals surface area contributed by atoms with Crippen molar-refractivity contribution in [3.05, 3.63) is 22.9 Å². The summed E-state index contributed by atoms with van der Waals surface area (Å²) in [7, 11) is 1.57. The number of nitrogens with zero attached hydrogens (tertiary/aromatic N) is 3. The lowest BCUT2D eigenvalue weighted by atomic mass is 10.4. The van der Waals surface area contributed by atoms with Crippen LogP contribution in [0.4, 0.5) is 0 Å². The fraction of sp³-hybridized carbons (Fsp3) is 0.125. The summed E-state index contributed by atoms with van der Waals surface area (Å²) in [5, 5.41) is 0. The zero-order chi connectivity index (χ0) is 9.26. The first-order chi connectivity index (χ1) is 6.29. The first-order valence-corrected chi connectivity index (χ1v) is 4.42. The number of ether oxygens (including phenoxy) is 1. The highest BCUT2D eigenvalue weighted by molar-refractivity contribution is 9.10. The van der Waals surface area contributed by atoms with Crippen molar-refractivity contribution in [2.45, 2.75) is 0 Å². The Bertz CT molecular complexity index is 446. The molecular formula is C8H6BrN3O. The summed E-state index contributed by atoms with van der Waals surface area (Å²) in [6.45, 7) is 0. The standard InChI is InChI=1S/C8H6BrN3O/c1-13-7-3-2-5-8(12-7)10-4-6(9)11-5/h2-4H,1H3. The number of hydrogen-bond acceptors (Lipinski definition) is 4. The third-order valence-electron chi connectivity index (χ3n) is 1.56. The van der Waals surface area contributed by atoms with Gasteiger partial charge >= 0.3 is 0 Å². The van der Waals surface area contributed by atoms with Crippen LogP contribution in [0.1, 0.15) is 0 Å². The number of aromatic nitrogens is 3. The molecule has 0 amide bonds. The normalized spacial score (nSPS) is 10.3. The second-order valence-corrected chi connectivity index (χ2v) is 3.20. The number of fused-ring (bicyclic) bond motifs is 1. The minimum Gasteiger partial charge on any atom is -0.481 e. The molecule has 0 aromatic carbocycles. The van der Waals surface area contributed by atoms with Gasteiger partial charge < -0.3 is 4.74 Å². The third kappa shape index (κ3) is 1.60. The number of pyridine rings is 1. The van der Waals surface area contributed by atoms with Crippen molar-refractivity contribution >= 4 is 27.1 Å². The van der Waals surface area contributed by atoms with Gasteiger partial charge in [-0.2, -0.15) is 4.98 Å². The molecule has 0 fully saturated rings. The van der Waals surface area contributed by atoms with Crippen molar-refractivity contribution in [3.8, 4) is 5.88 Å². The molecule has 2 aromatic rings. The summed E-state index contributed by atoms with van der Waals surface area (Å²) in [5.41, 5.74) is 1.33. The lowest BCUT2D eigenvalue weighted by Crippen LogP contribution is -1.91. The Kier molecular flexibility index (Phi) is 2.10. The van der Waals surface area contributed by atoms with E-state index in [0.717, 1.165) is 5.52 Å². The zero-order valence-electron chi connectivity index (χ0n) is 6.86. The second-order valence-electron chi connectivity index (χ2n) is 2.39. The first kappa shape index (κ1) is 8.37. The van der Waals surface area contributed by atoms with Gasteiger partial charge in [-0.15, -0.1) is 0 Å². The lowest BCUT2D eigenvalue weighted by molar-refractivity contribution is 0.399. The maximum absolute atomic E-state index is 4.96. The van der Waals surface area contributed by atoms with E-state index in [9.17, 15) is 0 Å². The minimum atomic E-state index is 0.545. The van der Waals surface area contributed by atoms with Crippen LogP contribution in [0.15, 0.2) is 22.9 Å². The van der Waals surface area contributed by atoms with Gasteiger partial charge in [-0.05, 0) is 22.0 Å². The smallest absolute Gasteiger partial charge is 0.215 e. The Labute approximate surface area is 83.1 Å². The molecule has 5 heteroatoms. The largest absolute Gasteiger partial charge is 0.481 e. The van der Waals surface area contributed by atoms with E-state index in [2.05, 4.69) is 30.9 Å². The van der Waals surface area contributed by atoms with Crippen LogP contribution < -0.4 is 4.74 Å². The van der Waals surface area contributed by atoms with Crippen LogP contribution >= 0.6 is 15.9 Å². The van der Waals surface area contributed by atoms with Gasteiger partial charge in [0.25, 0.3) is 0 Å². The van der Waals surface area contributed by atoms with E-state index in [1.54, 1.807) is 19.4 Å². The molecule has 0 atom stereocenters. The fourth-order valence-corrected chi connectivity index (χ4v) is 1.27. The van der Waals surface area contributed by atoms with Gasteiger partial charge in [0.2, 0.25) is 5.88 Å². The SMILES string of the molecule is COc1ccc2nc(Br)cnc2n1. The van der Waals surface area contributed by atoms with Gasteiger partial charge in [0.1, 0.15) is 10.1 Å². The van der Waals surface area contributed by atoms with Gasteiger partial charge in [-0.1, -0.05) is 0 Å². The Hall–Kier alpha value is -1.23. The highest BCUT2D eigenvalue weighted by atomic mass is 79.9. The molecule has 66 valence electrons. The van der Waals surface area contributed by atoms with E-state index in [0.29, 0.717) is 16.1 Å². The van der Waals surface area contributed by atoms with Crippen LogP contribution in [0.5, 0.6) is 5.88 Å². The van der Waals surface area contributed by atoms with Gasteiger partial charge in [0, 0.05) is 6.07 Å². The van der Waals surface area contributed by atoms with Crippen molar-refractivity contribution in [1.29, 1.82) is 0 Å². The fourth-order valence-electron chi connectivity index (χ4n) is 0.978. The molecule has 0 aliphatic rings. The Balaban J connectivity index is 2.66. The second kappa shape index (κ2) is 3.26. The predicted octanol–water partition coefficient (Wildman–Crippen LogP) is 1.80. The van der Waals surface area contributed by atoms with E-state index in [1.807, 2.05) is 6.07 Å². The molecule has 0 bridgehead atoms. The van der Waals surface area contributed by atoms with Gasteiger partial charge in [-0.25, -0.2) is 9.97 Å². The monoisotopic (exact) mass is 239 g/mol. The average Bonchev–Trinajstić information content (AvgIpc) is 2.17. The van der Waals surface area contributed by atoms with Crippen molar-refractivity contribution < 1.29 is 4.74 Å². The van der Waals surface area contributed by atoms with Crippen LogP contribution in [0.2, 0.25) is 0 Å². The summed E-state index contributed by atoms with van der Waals surface area (Å²) in [5.74, 6) is 0.545. The van der Waals surface area contributed by atoms with E-state index in [1.165, 1.54) is 0 Å². The topological polar surface area (TPSA) is 47.9 Å². The number of hydrogen-bond donors (Lipinski definition) is 0. The van der Waals surface area contributed by atoms with E-state index < -0.39 is 0 Å². The molecule has 2 rings (SSSR count). The van der Waals surface area contributed by atoms with Crippen molar-refractivity contribution in [3.63, 3.8) is 0 Å². The summed E-state index contributed by atoms with van der Waals surface area (Å²) < 4.78 is 5.66. The van der Waals surface area contributed by atoms with Crippen molar-refractivity contribution in [2.75, 3.05) is 7.11 Å². The van der Waals surface area contributed by atoms with E-state index in [4.69, 9.17) is 4.74 Å². The van der Waals surface area contributed by atoms with Crippen molar-refractivity contribution in [2.24, 2.45) is 0 Å². The molecule has 4 nitrogen and oxygen atoms in total.